The Morgan fingerprint density at radius 3 is 2.55 bits per heavy atom. The highest BCUT2D eigenvalue weighted by molar-refractivity contribution is 7.85. The molecule has 1 aliphatic rings. The number of H-pyrrole nitrogens is 1. The number of aryl methyl sites for hydroxylation is 3. The molecular weight excluding hydrogens is 590 g/mol. The summed E-state index contributed by atoms with van der Waals surface area (Å²) in [6, 6.07) is 13.4. The number of aromatic nitrogens is 4. The predicted molar refractivity (Wildman–Crippen MR) is 165 cm³/mol. The highest BCUT2D eigenvalue weighted by Gasteiger charge is 2.25. The van der Waals surface area contributed by atoms with Crippen LogP contribution in [0, 0.1) is 13.8 Å². The minimum Gasteiger partial charge on any atom is -0.487 e. The van der Waals surface area contributed by atoms with Crippen molar-refractivity contribution in [3.8, 4) is 5.75 Å². The Morgan fingerprint density at radius 2 is 1.89 bits per heavy atom. The second-order valence-corrected chi connectivity index (χ2v) is 12.4. The number of carbonyl (C=O) groups is 1. The largest absolute Gasteiger partial charge is 0.487 e. The van der Waals surface area contributed by atoms with Gasteiger partial charge < -0.3 is 20.3 Å². The van der Waals surface area contributed by atoms with Crippen LogP contribution in [-0.2, 0) is 35.0 Å². The average molecular weight is 630 g/mol. The summed E-state index contributed by atoms with van der Waals surface area (Å²) < 4.78 is 33.8. The molecule has 0 radical (unpaired) electrons. The van der Waals surface area contributed by atoms with Gasteiger partial charge in [0.2, 0.25) is 5.56 Å². The maximum absolute atomic E-state index is 12.0. The fourth-order valence-electron chi connectivity index (χ4n) is 5.39. The summed E-state index contributed by atoms with van der Waals surface area (Å²) >= 11 is 0. The van der Waals surface area contributed by atoms with E-state index >= 15 is 0 Å². The number of hydrogen-bond donors (Lipinski definition) is 3. The molecule has 2 aromatic heterocycles. The molecule has 238 valence electrons. The Hall–Kier alpha value is -4.11. The second-order valence-electron chi connectivity index (χ2n) is 10.9. The Labute approximate surface area is 255 Å². The number of pyridine rings is 1. The van der Waals surface area contributed by atoms with E-state index in [1.165, 1.54) is 6.07 Å². The zero-order chi connectivity index (χ0) is 31.5. The molecule has 0 spiro atoms. The third-order valence-electron chi connectivity index (χ3n) is 7.55. The highest BCUT2D eigenvalue weighted by atomic mass is 32.2. The van der Waals surface area contributed by atoms with Crippen molar-refractivity contribution < 1.29 is 33.1 Å². The zero-order valence-corrected chi connectivity index (χ0v) is 26.2. The summed E-state index contributed by atoms with van der Waals surface area (Å²) in [5, 5.41) is 18.3. The molecule has 0 bridgehead atoms. The van der Waals surface area contributed by atoms with Crippen LogP contribution in [0.15, 0.2) is 47.3 Å². The molecule has 4 aromatic rings. The molecule has 1 aliphatic heterocycles. The van der Waals surface area contributed by atoms with Crippen molar-refractivity contribution in [2.24, 2.45) is 7.05 Å². The Bertz CT molecular complexity index is 1790. The van der Waals surface area contributed by atoms with E-state index < -0.39 is 16.1 Å². The molecule has 5 rings (SSSR count). The van der Waals surface area contributed by atoms with E-state index in [1.807, 2.05) is 32.2 Å². The molecule has 13 nitrogen and oxygen atoms in total. The third-order valence-corrected chi connectivity index (χ3v) is 7.55. The van der Waals surface area contributed by atoms with E-state index in [0.29, 0.717) is 19.3 Å². The number of hydrogen-bond acceptors (Lipinski definition) is 8. The van der Waals surface area contributed by atoms with E-state index in [-0.39, 0.29) is 29.5 Å². The van der Waals surface area contributed by atoms with Crippen LogP contribution in [-0.4, -0.2) is 73.3 Å². The lowest BCUT2D eigenvalue weighted by atomic mass is 9.84. The number of aromatic amines is 1. The molecule has 0 fully saturated rings. The molecule has 2 atom stereocenters. The maximum Gasteiger partial charge on any atom is 0.304 e. The zero-order valence-electron chi connectivity index (χ0n) is 25.4. The normalized spacial score (nSPS) is 15.6. The smallest absolute Gasteiger partial charge is 0.304 e. The molecule has 44 heavy (non-hydrogen) atoms. The summed E-state index contributed by atoms with van der Waals surface area (Å²) in [7, 11) is -1.82. The van der Waals surface area contributed by atoms with Gasteiger partial charge >= 0.3 is 5.97 Å². The quantitative estimate of drug-likeness (QED) is 0.255. The van der Waals surface area contributed by atoms with E-state index in [4.69, 9.17) is 9.29 Å². The minimum absolute atomic E-state index is 0. The number of aliphatic carboxylic acids is 1. The van der Waals surface area contributed by atoms with Gasteiger partial charge in [0.15, 0.2) is 0 Å². The standard InChI is InChI=1S/C29H33N5O4.CH4O3S.H2O/c1-5-21-15-34(16-24-26(38-21)10-11-27(35)30-24)14-20-12-19(7-6-17(20)2)23(13-28(36)37)22-8-9-25-29(18(22)3)31-32-33(25)4;1-5(2,3)4;/h6-12,21,23H,5,13-16H2,1-4H3,(H,30,35)(H,36,37);1H3,(H,2,3,4);1H2/t21-,23?;;/m1../s1. The molecule has 0 saturated heterocycles. The number of nitrogens with zero attached hydrogens (tertiary/aromatic N) is 4. The fourth-order valence-corrected chi connectivity index (χ4v) is 5.39. The molecule has 0 amide bonds. The fraction of sp³-hybridized carbons (Fsp3) is 0.400. The summed E-state index contributed by atoms with van der Waals surface area (Å²) in [5.74, 6) is -0.459. The number of rotatable bonds is 7. The first kappa shape index (κ1) is 34.4. The molecular formula is C30H39N5O8S. The number of carboxylic acid groups (broad SMARTS) is 1. The van der Waals surface area contributed by atoms with Crippen molar-refractivity contribution in [2.45, 2.75) is 58.7 Å². The number of fused-ring (bicyclic) bond motifs is 2. The molecule has 0 aliphatic carbocycles. The number of carboxylic acids is 1. The van der Waals surface area contributed by atoms with Crippen LogP contribution in [0.3, 0.4) is 0 Å². The van der Waals surface area contributed by atoms with Crippen molar-refractivity contribution in [3.05, 3.63) is 86.3 Å². The van der Waals surface area contributed by atoms with Crippen LogP contribution in [0.4, 0.5) is 0 Å². The van der Waals surface area contributed by atoms with Gasteiger partial charge in [-0.3, -0.25) is 19.0 Å². The molecule has 5 N–H and O–H groups in total. The van der Waals surface area contributed by atoms with Gasteiger partial charge in [0.05, 0.1) is 23.9 Å². The Balaban J connectivity index is 0.000000817. The molecule has 1 unspecified atom stereocenters. The van der Waals surface area contributed by atoms with E-state index in [2.05, 4.69) is 46.2 Å². The van der Waals surface area contributed by atoms with Crippen molar-refractivity contribution in [2.75, 3.05) is 12.8 Å². The number of benzene rings is 2. The van der Waals surface area contributed by atoms with Gasteiger partial charge in [0.1, 0.15) is 17.4 Å². The molecule has 0 saturated carbocycles. The molecule has 14 heteroatoms. The van der Waals surface area contributed by atoms with Crippen molar-refractivity contribution in [3.63, 3.8) is 0 Å². The minimum atomic E-state index is -3.67. The average Bonchev–Trinajstić information content (AvgIpc) is 3.20. The predicted octanol–water partition coefficient (Wildman–Crippen LogP) is 2.73. The van der Waals surface area contributed by atoms with Crippen LogP contribution in [0.25, 0.3) is 11.0 Å². The number of ether oxygens (including phenoxy) is 1. The van der Waals surface area contributed by atoms with E-state index in [0.717, 1.165) is 63.3 Å². The van der Waals surface area contributed by atoms with Gasteiger partial charge in [-0.2, -0.15) is 8.42 Å². The van der Waals surface area contributed by atoms with Gasteiger partial charge in [0.25, 0.3) is 10.1 Å². The van der Waals surface area contributed by atoms with Crippen molar-refractivity contribution in [1.82, 2.24) is 24.9 Å². The monoisotopic (exact) mass is 629 g/mol. The summed E-state index contributed by atoms with van der Waals surface area (Å²) in [5.41, 5.74) is 7.41. The summed E-state index contributed by atoms with van der Waals surface area (Å²) in [4.78, 5) is 29.2. The summed E-state index contributed by atoms with van der Waals surface area (Å²) in [6.45, 7) is 8.08. The van der Waals surface area contributed by atoms with Gasteiger partial charge in [-0.15, -0.1) is 5.10 Å². The lowest BCUT2D eigenvalue weighted by molar-refractivity contribution is -0.137. The Kier molecular flexibility index (Phi) is 11.0. The van der Waals surface area contributed by atoms with Gasteiger partial charge in [-0.05, 0) is 60.2 Å². The highest BCUT2D eigenvalue weighted by Crippen LogP contribution is 2.34. The summed E-state index contributed by atoms with van der Waals surface area (Å²) in [6.07, 6.45) is 1.54. The first-order valence-corrected chi connectivity index (χ1v) is 15.7. The SMILES string of the molecule is CC[C@@H]1CN(Cc2cc(C(CC(=O)O)c3ccc4c(nnn4C)c3C)ccc2C)Cc2[nH]c(=O)ccc2O1.CS(=O)(=O)O.O. The van der Waals surface area contributed by atoms with Crippen molar-refractivity contribution >= 4 is 27.1 Å². The molecule has 3 heterocycles. The maximum atomic E-state index is 12.0. The van der Waals surface area contributed by atoms with Crippen LogP contribution >= 0.6 is 0 Å². The van der Waals surface area contributed by atoms with Gasteiger partial charge in [0, 0.05) is 38.7 Å². The Morgan fingerprint density at radius 1 is 1.18 bits per heavy atom. The van der Waals surface area contributed by atoms with Crippen LogP contribution in [0.1, 0.15) is 59.2 Å². The lowest BCUT2D eigenvalue weighted by Crippen LogP contribution is -2.32. The second kappa shape index (κ2) is 14.1. The van der Waals surface area contributed by atoms with E-state index in [9.17, 15) is 23.1 Å². The van der Waals surface area contributed by atoms with Gasteiger partial charge in [-0.1, -0.05) is 36.4 Å². The third kappa shape index (κ3) is 8.50. The van der Waals surface area contributed by atoms with Gasteiger partial charge in [-0.25, -0.2) is 4.68 Å². The number of nitrogens with one attached hydrogen (secondary N) is 1. The first-order chi connectivity index (χ1) is 20.2. The topological polar surface area (TPSA) is 199 Å². The van der Waals surface area contributed by atoms with Crippen LogP contribution < -0.4 is 10.3 Å². The first-order valence-electron chi connectivity index (χ1n) is 13.9. The van der Waals surface area contributed by atoms with Crippen molar-refractivity contribution in [1.29, 1.82) is 0 Å². The molecule has 2 aromatic carbocycles. The van der Waals surface area contributed by atoms with Crippen LogP contribution in [0.5, 0.6) is 5.75 Å². The van der Waals surface area contributed by atoms with Crippen LogP contribution in [0.2, 0.25) is 0 Å². The lowest BCUT2D eigenvalue weighted by Gasteiger charge is -2.25. The van der Waals surface area contributed by atoms with E-state index in [1.54, 1.807) is 10.7 Å².